The van der Waals surface area contributed by atoms with Gasteiger partial charge in [-0.15, -0.1) is 0 Å². The predicted octanol–water partition coefficient (Wildman–Crippen LogP) is 2.45. The minimum atomic E-state index is 0.623. The van der Waals surface area contributed by atoms with Crippen LogP contribution in [0.5, 0.6) is 0 Å². The van der Waals surface area contributed by atoms with Gasteiger partial charge in [0.25, 0.3) is 0 Å². The molecule has 4 heteroatoms. The number of nitrogens with one attached hydrogen (secondary N) is 1. The Bertz CT molecular complexity index is 340. The van der Waals surface area contributed by atoms with E-state index in [9.17, 15) is 0 Å². The molecular weight excluding hydrogens is 210 g/mol. The summed E-state index contributed by atoms with van der Waals surface area (Å²) in [7, 11) is 3.93. The fourth-order valence-electron chi connectivity index (χ4n) is 2.38. The Morgan fingerprint density at radius 3 is 2.73 bits per heavy atom. The largest absolute Gasteiger partial charge is 0.322 e. The molecule has 1 aromatic heterocycles. The van der Waals surface area contributed by atoms with Crippen LogP contribution in [-0.2, 0) is 13.6 Å². The third-order valence-electron chi connectivity index (χ3n) is 3.19. The molecule has 0 saturated heterocycles. The molecule has 1 aliphatic carbocycles. The van der Waals surface area contributed by atoms with Crippen LogP contribution in [0.3, 0.4) is 0 Å². The van der Waals surface area contributed by atoms with E-state index < -0.39 is 0 Å². The summed E-state index contributed by atoms with van der Waals surface area (Å²) in [5, 5.41) is 3.88. The van der Waals surface area contributed by atoms with Crippen molar-refractivity contribution in [1.82, 2.24) is 14.9 Å². The van der Waals surface area contributed by atoms with Crippen LogP contribution >= 0.6 is 11.6 Å². The second kappa shape index (κ2) is 4.54. The minimum absolute atomic E-state index is 0.623. The highest BCUT2D eigenvalue weighted by Gasteiger charge is 2.23. The van der Waals surface area contributed by atoms with E-state index in [0.717, 1.165) is 17.4 Å². The Kier molecular flexibility index (Phi) is 3.32. The third kappa shape index (κ3) is 2.04. The lowest BCUT2D eigenvalue weighted by atomic mass is 10.1. The van der Waals surface area contributed by atoms with Crippen LogP contribution in [0.2, 0.25) is 5.15 Å². The zero-order chi connectivity index (χ0) is 10.8. The van der Waals surface area contributed by atoms with Crippen molar-refractivity contribution in [3.05, 3.63) is 16.7 Å². The highest BCUT2D eigenvalue weighted by atomic mass is 35.5. The van der Waals surface area contributed by atoms with Gasteiger partial charge in [-0.3, -0.25) is 0 Å². The van der Waals surface area contributed by atoms with Crippen LogP contribution in [0, 0.1) is 0 Å². The molecule has 0 aromatic carbocycles. The lowest BCUT2D eigenvalue weighted by Crippen LogP contribution is -2.06. The van der Waals surface area contributed by atoms with E-state index in [1.54, 1.807) is 0 Å². The highest BCUT2D eigenvalue weighted by Crippen LogP contribution is 2.34. The lowest BCUT2D eigenvalue weighted by Gasteiger charge is -2.08. The van der Waals surface area contributed by atoms with E-state index in [1.807, 2.05) is 18.7 Å². The van der Waals surface area contributed by atoms with Crippen LogP contribution in [0.4, 0.5) is 0 Å². The number of hydrogen-bond acceptors (Lipinski definition) is 2. The summed E-state index contributed by atoms with van der Waals surface area (Å²) in [5.41, 5.74) is 0.976. The summed E-state index contributed by atoms with van der Waals surface area (Å²) in [6, 6.07) is 0. The molecule has 1 heterocycles. The van der Waals surface area contributed by atoms with Crippen LogP contribution in [0.15, 0.2) is 0 Å². The first-order valence-corrected chi connectivity index (χ1v) is 5.97. The predicted molar refractivity (Wildman–Crippen MR) is 62.2 cm³/mol. The Labute approximate surface area is 95.8 Å². The molecule has 0 radical (unpaired) electrons. The number of halogens is 1. The van der Waals surface area contributed by atoms with Gasteiger partial charge in [0, 0.05) is 19.5 Å². The van der Waals surface area contributed by atoms with Crippen LogP contribution in [0.1, 0.15) is 43.1 Å². The van der Waals surface area contributed by atoms with Gasteiger partial charge in [-0.05, 0) is 19.9 Å². The topological polar surface area (TPSA) is 29.9 Å². The third-order valence-corrected chi connectivity index (χ3v) is 3.66. The Balaban J connectivity index is 2.27. The number of nitrogens with zero attached hydrogens (tertiary/aromatic N) is 2. The van der Waals surface area contributed by atoms with Crippen molar-refractivity contribution in [1.29, 1.82) is 0 Å². The van der Waals surface area contributed by atoms with Crippen molar-refractivity contribution < 1.29 is 0 Å². The molecule has 1 fully saturated rings. The Morgan fingerprint density at radius 1 is 1.47 bits per heavy atom. The molecule has 1 N–H and O–H groups in total. The number of aromatic nitrogens is 2. The molecule has 0 atom stereocenters. The summed E-state index contributed by atoms with van der Waals surface area (Å²) >= 11 is 6.23. The van der Waals surface area contributed by atoms with Gasteiger partial charge in [-0.1, -0.05) is 24.4 Å². The molecule has 0 bridgehead atoms. The number of rotatable bonds is 3. The molecule has 0 spiro atoms. The Morgan fingerprint density at radius 2 is 2.13 bits per heavy atom. The van der Waals surface area contributed by atoms with Crippen molar-refractivity contribution in [2.75, 3.05) is 7.05 Å². The molecule has 84 valence electrons. The maximum Gasteiger partial charge on any atom is 0.133 e. The first-order chi connectivity index (χ1) is 7.24. The summed E-state index contributed by atoms with van der Waals surface area (Å²) in [6.45, 7) is 0.749. The monoisotopic (exact) mass is 227 g/mol. The molecule has 3 nitrogen and oxygen atoms in total. The molecule has 0 unspecified atom stereocenters. The van der Waals surface area contributed by atoms with Gasteiger partial charge >= 0.3 is 0 Å². The maximum atomic E-state index is 6.23. The fraction of sp³-hybridized carbons (Fsp3) is 0.727. The van der Waals surface area contributed by atoms with Crippen molar-refractivity contribution in [2.24, 2.45) is 7.05 Å². The molecule has 1 aliphatic rings. The van der Waals surface area contributed by atoms with Gasteiger partial charge in [0.1, 0.15) is 11.0 Å². The zero-order valence-corrected chi connectivity index (χ0v) is 10.1. The Hall–Kier alpha value is -0.540. The zero-order valence-electron chi connectivity index (χ0n) is 9.39. The summed E-state index contributed by atoms with van der Waals surface area (Å²) in [5.74, 6) is 1.79. The van der Waals surface area contributed by atoms with Gasteiger partial charge < -0.3 is 9.88 Å². The van der Waals surface area contributed by atoms with E-state index in [1.165, 1.54) is 31.5 Å². The van der Waals surface area contributed by atoms with E-state index in [0.29, 0.717) is 5.92 Å². The fourth-order valence-corrected chi connectivity index (χ4v) is 2.58. The first kappa shape index (κ1) is 11.0. The van der Waals surface area contributed by atoms with Crippen LogP contribution in [-0.4, -0.2) is 16.6 Å². The van der Waals surface area contributed by atoms with Gasteiger partial charge in [0.15, 0.2) is 0 Å². The molecular formula is C11H18ClN3. The molecule has 0 amide bonds. The van der Waals surface area contributed by atoms with E-state index >= 15 is 0 Å². The van der Waals surface area contributed by atoms with Gasteiger partial charge in [0.05, 0.1) is 5.69 Å². The summed E-state index contributed by atoms with van der Waals surface area (Å²) in [4.78, 5) is 4.65. The second-order valence-electron chi connectivity index (χ2n) is 4.28. The van der Waals surface area contributed by atoms with Crippen molar-refractivity contribution in [2.45, 2.75) is 38.1 Å². The summed E-state index contributed by atoms with van der Waals surface area (Å²) in [6.07, 6.45) is 5.19. The maximum absolute atomic E-state index is 6.23. The minimum Gasteiger partial charge on any atom is -0.322 e. The second-order valence-corrected chi connectivity index (χ2v) is 4.64. The molecule has 0 aliphatic heterocycles. The average Bonchev–Trinajstić information content (AvgIpc) is 2.82. The van der Waals surface area contributed by atoms with Crippen molar-refractivity contribution in [3.63, 3.8) is 0 Å². The summed E-state index contributed by atoms with van der Waals surface area (Å²) < 4.78 is 2.05. The van der Waals surface area contributed by atoms with E-state index in [2.05, 4.69) is 10.3 Å². The lowest BCUT2D eigenvalue weighted by molar-refractivity contribution is 0.631. The van der Waals surface area contributed by atoms with Crippen molar-refractivity contribution in [3.8, 4) is 0 Å². The first-order valence-electron chi connectivity index (χ1n) is 5.59. The van der Waals surface area contributed by atoms with Crippen molar-refractivity contribution >= 4 is 11.6 Å². The van der Waals surface area contributed by atoms with Gasteiger partial charge in [-0.25, -0.2) is 4.98 Å². The van der Waals surface area contributed by atoms with Crippen LogP contribution in [0.25, 0.3) is 0 Å². The average molecular weight is 228 g/mol. The highest BCUT2D eigenvalue weighted by molar-refractivity contribution is 6.30. The van der Waals surface area contributed by atoms with Crippen LogP contribution < -0.4 is 5.32 Å². The normalized spacial score (nSPS) is 17.5. The number of imidazole rings is 1. The number of hydrogen-bond donors (Lipinski definition) is 1. The van der Waals surface area contributed by atoms with Gasteiger partial charge in [0.2, 0.25) is 0 Å². The molecule has 1 saturated carbocycles. The van der Waals surface area contributed by atoms with E-state index in [-0.39, 0.29) is 0 Å². The van der Waals surface area contributed by atoms with E-state index in [4.69, 9.17) is 11.6 Å². The molecule has 2 rings (SSSR count). The molecule has 1 aromatic rings. The SMILES string of the molecule is CNCc1nc(C2CCCC2)n(C)c1Cl. The molecule has 15 heavy (non-hydrogen) atoms. The smallest absolute Gasteiger partial charge is 0.133 e. The quantitative estimate of drug-likeness (QED) is 0.860. The standard InChI is InChI=1S/C11H18ClN3/c1-13-7-9-10(12)15(2)11(14-9)8-5-3-4-6-8/h8,13H,3-7H2,1-2H3. The van der Waals surface area contributed by atoms with Gasteiger partial charge in [-0.2, -0.15) is 0 Å².